The number of hydrogen-bond donors (Lipinski definition) is 3. The molecular formula is C22H28N3O4+. The van der Waals surface area contributed by atoms with Crippen LogP contribution < -0.4 is 25.4 Å². The molecule has 0 spiro atoms. The summed E-state index contributed by atoms with van der Waals surface area (Å²) in [6.45, 7) is 4.40. The molecule has 4 N–H and O–H groups in total. The highest BCUT2D eigenvalue weighted by molar-refractivity contribution is 5.91. The van der Waals surface area contributed by atoms with Crippen molar-refractivity contribution >= 4 is 17.5 Å². The number of carbonyl (C=O) groups is 2. The molecule has 2 aromatic rings. The largest absolute Gasteiger partial charge is 0.494 e. The zero-order valence-corrected chi connectivity index (χ0v) is 16.6. The van der Waals surface area contributed by atoms with Crippen molar-refractivity contribution in [1.29, 1.82) is 0 Å². The Morgan fingerprint density at radius 1 is 1.07 bits per heavy atom. The van der Waals surface area contributed by atoms with Gasteiger partial charge >= 0.3 is 0 Å². The van der Waals surface area contributed by atoms with Crippen LogP contribution in [0.15, 0.2) is 48.5 Å². The first-order chi connectivity index (χ1) is 14.0. The fraction of sp³-hybridized carbons (Fsp3) is 0.364. The lowest BCUT2D eigenvalue weighted by atomic mass is 9.97. The van der Waals surface area contributed by atoms with Crippen LogP contribution in [0.2, 0.25) is 0 Å². The monoisotopic (exact) mass is 398 g/mol. The standard InChI is InChI=1S/C22H27N3O4/c1-2-28-18-9-11-20(12-10-18)29-19-7-5-17(6-8-19)24-21(26)15-25-13-3-4-16(14-25)22(23)27/h5-12,16H,2-4,13-15H2,1H3,(H2,23,27)(H,24,26)/p+1/t16-/m1/s1. The van der Waals surface area contributed by atoms with Crippen molar-refractivity contribution in [2.24, 2.45) is 11.7 Å². The minimum atomic E-state index is -0.272. The van der Waals surface area contributed by atoms with E-state index in [0.29, 0.717) is 36.9 Å². The fourth-order valence-electron chi connectivity index (χ4n) is 3.50. The Balaban J connectivity index is 1.49. The van der Waals surface area contributed by atoms with E-state index in [1.807, 2.05) is 43.3 Å². The number of primary amides is 1. The van der Waals surface area contributed by atoms with Crippen LogP contribution in [0.4, 0.5) is 5.69 Å². The zero-order chi connectivity index (χ0) is 20.6. The summed E-state index contributed by atoms with van der Waals surface area (Å²) in [5.41, 5.74) is 6.11. The second kappa shape index (κ2) is 9.93. The number of likely N-dealkylation sites (tertiary alicyclic amines) is 1. The smallest absolute Gasteiger partial charge is 0.279 e. The van der Waals surface area contributed by atoms with Crippen LogP contribution in [0.3, 0.4) is 0 Å². The van der Waals surface area contributed by atoms with Crippen LogP contribution in [0.5, 0.6) is 17.2 Å². The van der Waals surface area contributed by atoms with Crippen LogP contribution in [-0.4, -0.2) is 38.1 Å². The van der Waals surface area contributed by atoms with Gasteiger partial charge in [0, 0.05) is 5.69 Å². The first kappa shape index (κ1) is 20.7. The van der Waals surface area contributed by atoms with Crippen LogP contribution in [-0.2, 0) is 9.59 Å². The third kappa shape index (κ3) is 6.22. The molecule has 2 amide bonds. The highest BCUT2D eigenvalue weighted by Crippen LogP contribution is 2.25. The predicted molar refractivity (Wildman–Crippen MR) is 110 cm³/mol. The Morgan fingerprint density at radius 2 is 1.69 bits per heavy atom. The molecule has 1 aliphatic heterocycles. The summed E-state index contributed by atoms with van der Waals surface area (Å²) in [7, 11) is 0. The number of quaternary nitrogens is 1. The molecule has 2 atom stereocenters. The number of amides is 2. The molecule has 0 radical (unpaired) electrons. The van der Waals surface area contributed by atoms with E-state index in [1.54, 1.807) is 12.1 Å². The van der Waals surface area contributed by atoms with Gasteiger partial charge in [-0.25, -0.2) is 0 Å². The Kier molecular flexibility index (Phi) is 7.08. The molecule has 0 saturated carbocycles. The second-order valence-electron chi connectivity index (χ2n) is 7.20. The average molecular weight is 398 g/mol. The number of nitrogens with one attached hydrogen (secondary N) is 2. The summed E-state index contributed by atoms with van der Waals surface area (Å²) >= 11 is 0. The molecule has 1 heterocycles. The van der Waals surface area contributed by atoms with Gasteiger partial charge in [-0.15, -0.1) is 0 Å². The summed E-state index contributed by atoms with van der Waals surface area (Å²) in [5.74, 6) is 1.71. The van der Waals surface area contributed by atoms with Gasteiger partial charge in [0.2, 0.25) is 5.91 Å². The zero-order valence-electron chi connectivity index (χ0n) is 16.6. The first-order valence-electron chi connectivity index (χ1n) is 9.97. The van der Waals surface area contributed by atoms with E-state index < -0.39 is 0 Å². The van der Waals surface area contributed by atoms with E-state index in [1.165, 1.54) is 0 Å². The molecule has 0 bridgehead atoms. The molecule has 3 rings (SSSR count). The predicted octanol–water partition coefficient (Wildman–Crippen LogP) is 1.60. The maximum atomic E-state index is 12.3. The fourth-order valence-corrected chi connectivity index (χ4v) is 3.50. The van der Waals surface area contributed by atoms with Crippen molar-refractivity contribution in [3.63, 3.8) is 0 Å². The summed E-state index contributed by atoms with van der Waals surface area (Å²) in [6.07, 6.45) is 1.73. The van der Waals surface area contributed by atoms with E-state index in [4.69, 9.17) is 15.2 Å². The van der Waals surface area contributed by atoms with Crippen molar-refractivity contribution in [2.75, 3.05) is 31.6 Å². The van der Waals surface area contributed by atoms with Crippen LogP contribution >= 0.6 is 0 Å². The molecular weight excluding hydrogens is 370 g/mol. The SMILES string of the molecule is CCOc1ccc(Oc2ccc(NC(=O)C[NH+]3CCC[C@@H](C(N)=O)C3)cc2)cc1. The van der Waals surface area contributed by atoms with Gasteiger partial charge in [-0.05, 0) is 68.3 Å². The number of ether oxygens (including phenoxy) is 2. The molecule has 1 unspecified atom stereocenters. The lowest BCUT2D eigenvalue weighted by molar-refractivity contribution is -0.899. The second-order valence-corrected chi connectivity index (χ2v) is 7.20. The van der Waals surface area contributed by atoms with Gasteiger partial charge in [-0.3, -0.25) is 9.59 Å². The highest BCUT2D eigenvalue weighted by atomic mass is 16.5. The van der Waals surface area contributed by atoms with Crippen molar-refractivity contribution < 1.29 is 24.0 Å². The van der Waals surface area contributed by atoms with Crippen molar-refractivity contribution in [1.82, 2.24) is 0 Å². The Labute approximate surface area is 170 Å². The number of rotatable bonds is 8. The van der Waals surface area contributed by atoms with E-state index in [9.17, 15) is 9.59 Å². The molecule has 0 aliphatic carbocycles. The molecule has 1 aliphatic rings. The first-order valence-corrected chi connectivity index (χ1v) is 9.97. The Morgan fingerprint density at radius 3 is 2.31 bits per heavy atom. The summed E-state index contributed by atoms with van der Waals surface area (Å²) in [6, 6.07) is 14.6. The lowest BCUT2D eigenvalue weighted by Gasteiger charge is -2.27. The van der Waals surface area contributed by atoms with E-state index in [0.717, 1.165) is 30.0 Å². The summed E-state index contributed by atoms with van der Waals surface area (Å²) in [4.78, 5) is 24.8. The average Bonchev–Trinajstić information content (AvgIpc) is 2.71. The van der Waals surface area contributed by atoms with Gasteiger partial charge in [0.1, 0.15) is 17.2 Å². The number of carbonyl (C=O) groups excluding carboxylic acids is 2. The molecule has 7 nitrogen and oxygen atoms in total. The van der Waals surface area contributed by atoms with Gasteiger partial charge in [-0.2, -0.15) is 0 Å². The number of anilines is 1. The highest BCUT2D eigenvalue weighted by Gasteiger charge is 2.28. The Hall–Kier alpha value is -3.06. The molecule has 2 aromatic carbocycles. The molecule has 1 fully saturated rings. The van der Waals surface area contributed by atoms with Crippen molar-refractivity contribution in [2.45, 2.75) is 19.8 Å². The molecule has 154 valence electrons. The normalized spacial score (nSPS) is 18.7. The third-order valence-electron chi connectivity index (χ3n) is 4.94. The van der Waals surface area contributed by atoms with Crippen LogP contribution in [0, 0.1) is 5.92 Å². The van der Waals surface area contributed by atoms with Crippen LogP contribution in [0.1, 0.15) is 19.8 Å². The maximum absolute atomic E-state index is 12.3. The number of hydrogen-bond acceptors (Lipinski definition) is 4. The van der Waals surface area contributed by atoms with Gasteiger partial charge in [-0.1, -0.05) is 0 Å². The van der Waals surface area contributed by atoms with Crippen molar-refractivity contribution in [3.8, 4) is 17.2 Å². The van der Waals surface area contributed by atoms with Gasteiger partial charge in [0.15, 0.2) is 6.54 Å². The Bertz CT molecular complexity index is 821. The minimum Gasteiger partial charge on any atom is -0.494 e. The van der Waals surface area contributed by atoms with E-state index in [-0.39, 0.29) is 17.7 Å². The number of nitrogens with two attached hydrogens (primary N) is 1. The molecule has 1 saturated heterocycles. The number of piperidine rings is 1. The third-order valence-corrected chi connectivity index (χ3v) is 4.94. The van der Waals surface area contributed by atoms with Crippen LogP contribution in [0.25, 0.3) is 0 Å². The number of benzene rings is 2. The summed E-state index contributed by atoms with van der Waals surface area (Å²) < 4.78 is 11.2. The van der Waals surface area contributed by atoms with Gasteiger partial charge in [0.05, 0.1) is 25.6 Å². The molecule has 29 heavy (non-hydrogen) atoms. The minimum absolute atomic E-state index is 0.0784. The van der Waals surface area contributed by atoms with E-state index in [2.05, 4.69) is 5.32 Å². The van der Waals surface area contributed by atoms with E-state index >= 15 is 0 Å². The quantitative estimate of drug-likeness (QED) is 0.629. The molecule has 7 heteroatoms. The molecule has 0 aromatic heterocycles. The topological polar surface area (TPSA) is 95.1 Å². The van der Waals surface area contributed by atoms with Gasteiger partial charge < -0.3 is 25.4 Å². The lowest BCUT2D eigenvalue weighted by Crippen LogP contribution is -3.14. The van der Waals surface area contributed by atoms with Gasteiger partial charge in [0.25, 0.3) is 5.91 Å². The summed E-state index contributed by atoms with van der Waals surface area (Å²) in [5, 5.41) is 2.90. The van der Waals surface area contributed by atoms with Crippen molar-refractivity contribution in [3.05, 3.63) is 48.5 Å². The maximum Gasteiger partial charge on any atom is 0.279 e.